The minimum atomic E-state index is -3.61. The van der Waals surface area contributed by atoms with Gasteiger partial charge in [-0.3, -0.25) is 0 Å². The highest BCUT2D eigenvalue weighted by Crippen LogP contribution is 2.52. The lowest BCUT2D eigenvalue weighted by Gasteiger charge is -2.61. The smallest absolute Gasteiger partial charge is 0.208 e. The van der Waals surface area contributed by atoms with Crippen molar-refractivity contribution in [2.75, 3.05) is 9.80 Å². The molecule has 280 valence electrons. The van der Waals surface area contributed by atoms with E-state index in [-0.39, 0.29) is 48.6 Å². The molecule has 4 aromatic carbocycles. The molecule has 0 bridgehead atoms. The Labute approximate surface area is 325 Å². The van der Waals surface area contributed by atoms with Crippen LogP contribution in [0.15, 0.2) is 124 Å². The number of anilines is 2. The molecule has 8 atom stereocenters. The van der Waals surface area contributed by atoms with Crippen molar-refractivity contribution in [3.05, 3.63) is 84.9 Å². The topological polar surface area (TPSA) is 93.2 Å². The maximum absolute atomic E-state index is 13.7. The predicted molar refractivity (Wildman–Crippen MR) is 209 cm³/mol. The highest BCUT2D eigenvalue weighted by Gasteiger charge is 2.55. The van der Waals surface area contributed by atoms with Gasteiger partial charge in [-0.1, -0.05) is 73.5 Å². The summed E-state index contributed by atoms with van der Waals surface area (Å²) in [5.74, 6) is 0. The quantitative estimate of drug-likeness (QED) is 0.170. The van der Waals surface area contributed by atoms with Crippen LogP contribution in [0, 0.1) is 0 Å². The number of ether oxygens (including phenoxy) is 2. The summed E-state index contributed by atoms with van der Waals surface area (Å²) in [4.78, 5) is 9.90. The highest BCUT2D eigenvalue weighted by molar-refractivity contribution is 8.02. The Balaban J connectivity index is 0.965. The molecule has 3 saturated carbocycles. The van der Waals surface area contributed by atoms with Crippen molar-refractivity contribution >= 4 is 54.6 Å². The van der Waals surface area contributed by atoms with Gasteiger partial charge in [0.25, 0.3) is 0 Å². The van der Waals surface area contributed by atoms with Crippen LogP contribution in [0.25, 0.3) is 0 Å². The van der Waals surface area contributed by atoms with Crippen molar-refractivity contribution in [2.45, 2.75) is 152 Å². The number of morpholine rings is 2. The summed E-state index contributed by atoms with van der Waals surface area (Å²) < 4.78 is 69.2. The molecule has 7 aliphatic rings. The van der Waals surface area contributed by atoms with E-state index in [1.807, 2.05) is 48.5 Å². The first-order chi connectivity index (χ1) is 26.3. The van der Waals surface area contributed by atoms with Gasteiger partial charge >= 0.3 is 0 Å². The number of hydrogen-bond donors (Lipinski definition) is 0. The molecule has 0 radical (unpaired) electrons. The molecule has 54 heavy (non-hydrogen) atoms. The minimum absolute atomic E-state index is 0.0239. The summed E-state index contributed by atoms with van der Waals surface area (Å²) in [5, 5.41) is 0. The third-order valence-electron chi connectivity index (χ3n) is 13.0. The van der Waals surface area contributed by atoms with Crippen LogP contribution in [0.1, 0.15) is 64.2 Å². The van der Waals surface area contributed by atoms with Crippen LogP contribution in [0.3, 0.4) is 0 Å². The molecule has 4 aromatic rings. The molecule has 4 heterocycles. The zero-order valence-corrected chi connectivity index (χ0v) is 33.0. The fourth-order valence-corrected chi connectivity index (χ4v) is 17.1. The van der Waals surface area contributed by atoms with Crippen molar-refractivity contribution in [3.63, 3.8) is 0 Å². The molecule has 0 spiro atoms. The summed E-state index contributed by atoms with van der Waals surface area (Å²) in [7, 11) is -7.21. The van der Waals surface area contributed by atoms with Crippen LogP contribution >= 0.6 is 23.5 Å². The third-order valence-corrected chi connectivity index (χ3v) is 19.5. The second kappa shape index (κ2) is 12.8. The van der Waals surface area contributed by atoms with Crippen molar-refractivity contribution in [1.82, 2.24) is 0 Å². The Morgan fingerprint density at radius 2 is 0.870 bits per heavy atom. The van der Waals surface area contributed by atoms with E-state index in [4.69, 9.17) is 9.47 Å². The molecule has 4 aliphatic heterocycles. The van der Waals surface area contributed by atoms with Gasteiger partial charge in [-0.2, -0.15) is 0 Å². The summed E-state index contributed by atoms with van der Waals surface area (Å²) in [6.07, 6.45) is 10.5. The van der Waals surface area contributed by atoms with Crippen molar-refractivity contribution in [2.24, 2.45) is 0 Å². The van der Waals surface area contributed by atoms with E-state index in [0.717, 1.165) is 95.2 Å². The predicted octanol–water partition coefficient (Wildman–Crippen LogP) is 8.55. The molecule has 8 unspecified atom stereocenters. The van der Waals surface area contributed by atoms with Crippen molar-refractivity contribution < 1.29 is 26.3 Å². The zero-order valence-electron chi connectivity index (χ0n) is 29.7. The first-order valence-corrected chi connectivity index (χ1v) is 24.1. The Hall–Kier alpha value is -3.00. The van der Waals surface area contributed by atoms with Crippen LogP contribution in [0.5, 0.6) is 0 Å². The molecule has 5 fully saturated rings. The Kier molecular flexibility index (Phi) is 8.10. The average molecular weight is 799 g/mol. The fraction of sp³-hybridized carbons (Fsp3) is 0.429. The lowest BCUT2D eigenvalue weighted by atomic mass is 9.76. The van der Waals surface area contributed by atoms with Gasteiger partial charge in [-0.15, -0.1) is 0 Å². The van der Waals surface area contributed by atoms with Gasteiger partial charge < -0.3 is 19.3 Å². The van der Waals surface area contributed by atoms with Gasteiger partial charge in [0.15, 0.2) is 0 Å². The van der Waals surface area contributed by atoms with Crippen LogP contribution in [0.2, 0.25) is 0 Å². The maximum atomic E-state index is 13.7. The summed E-state index contributed by atoms with van der Waals surface area (Å²) >= 11 is 3.10. The Bertz CT molecular complexity index is 2240. The van der Waals surface area contributed by atoms with Crippen LogP contribution < -0.4 is 9.80 Å². The van der Waals surface area contributed by atoms with E-state index < -0.39 is 19.7 Å². The Morgan fingerprint density at radius 3 is 1.33 bits per heavy atom. The lowest BCUT2D eigenvalue weighted by Crippen LogP contribution is -2.71. The van der Waals surface area contributed by atoms with Crippen molar-refractivity contribution in [1.29, 1.82) is 0 Å². The number of hydrogen-bond acceptors (Lipinski definition) is 10. The first kappa shape index (κ1) is 34.3. The van der Waals surface area contributed by atoms with Gasteiger partial charge in [0.2, 0.25) is 19.7 Å². The van der Waals surface area contributed by atoms with Gasteiger partial charge in [-0.25, -0.2) is 16.8 Å². The molecule has 3 aliphatic carbocycles. The SMILES string of the molecule is O=S1(=O)c2ccccc2Sc2cc(N3C4CCCCC4OC4CC5C(CC43)OC3CCCCC3N5c3ccc4c(c3)Sc3ccccc3S4(=O)=O)ccc21. The van der Waals surface area contributed by atoms with Gasteiger partial charge in [-0.05, 0) is 99.2 Å². The summed E-state index contributed by atoms with van der Waals surface area (Å²) in [6.45, 7) is 0. The highest BCUT2D eigenvalue weighted by atomic mass is 32.2. The lowest BCUT2D eigenvalue weighted by molar-refractivity contribution is -0.154. The van der Waals surface area contributed by atoms with E-state index >= 15 is 0 Å². The molecule has 11 rings (SSSR count). The normalized spacial score (nSPS) is 32.7. The summed E-state index contributed by atoms with van der Waals surface area (Å²) in [5.41, 5.74) is 2.14. The largest absolute Gasteiger partial charge is 0.371 e. The average Bonchev–Trinajstić information content (AvgIpc) is 3.18. The fourth-order valence-electron chi connectivity index (χ4n) is 10.7. The summed E-state index contributed by atoms with van der Waals surface area (Å²) in [6, 6.07) is 27.2. The molecule has 0 aromatic heterocycles. The number of nitrogens with zero attached hydrogens (tertiary/aromatic N) is 2. The van der Waals surface area contributed by atoms with Crippen LogP contribution in [0.4, 0.5) is 11.4 Å². The van der Waals surface area contributed by atoms with Gasteiger partial charge in [0.1, 0.15) is 0 Å². The number of fused-ring (bicyclic) bond motifs is 8. The zero-order chi connectivity index (χ0) is 36.3. The molecule has 0 amide bonds. The van der Waals surface area contributed by atoms with Crippen molar-refractivity contribution in [3.8, 4) is 0 Å². The maximum Gasteiger partial charge on any atom is 0.208 e. The molecule has 8 nitrogen and oxygen atoms in total. The second-order valence-electron chi connectivity index (χ2n) is 15.9. The van der Waals surface area contributed by atoms with E-state index in [1.54, 1.807) is 47.8 Å². The number of sulfone groups is 2. The monoisotopic (exact) mass is 798 g/mol. The molecular formula is C42H42N2O6S4. The number of benzene rings is 4. The molecule has 2 saturated heterocycles. The molecule has 12 heteroatoms. The Morgan fingerprint density at radius 1 is 0.463 bits per heavy atom. The number of rotatable bonds is 2. The molecular weight excluding hydrogens is 757 g/mol. The first-order valence-electron chi connectivity index (χ1n) is 19.5. The molecule has 0 N–H and O–H groups in total. The van der Waals surface area contributed by atoms with E-state index in [9.17, 15) is 16.8 Å². The van der Waals surface area contributed by atoms with E-state index in [0.29, 0.717) is 19.6 Å². The van der Waals surface area contributed by atoms with Crippen LogP contribution in [-0.2, 0) is 29.1 Å². The van der Waals surface area contributed by atoms with Crippen LogP contribution in [-0.4, -0.2) is 65.4 Å². The van der Waals surface area contributed by atoms with E-state index in [1.165, 1.54) is 0 Å². The van der Waals surface area contributed by atoms with Gasteiger partial charge in [0.05, 0.1) is 68.2 Å². The second-order valence-corrected chi connectivity index (χ2v) is 21.9. The third kappa shape index (κ3) is 5.22. The van der Waals surface area contributed by atoms with Gasteiger partial charge in [0, 0.05) is 31.0 Å². The minimum Gasteiger partial charge on any atom is -0.371 e. The van der Waals surface area contributed by atoms with E-state index in [2.05, 4.69) is 21.9 Å². The standard InChI is InChI=1S/C42H42N2O6S4/c45-53(46)39-15-7-5-13-35(39)51-37-21-25(17-19-41(37)53)43-27-9-1-3-11-31(27)49-33-24-30-34(23-29(33)43)50-32-12-4-2-10-28(32)44(30)26-18-20-42-38(22-26)52-36-14-6-8-16-40(36)54(42,47)48/h5-8,13-22,27-34H,1-4,9-12,23-24H2.